The monoisotopic (exact) mass is 604 g/mol. The number of carboxylic acids is 2. The maximum atomic E-state index is 13.3. The predicted molar refractivity (Wildman–Crippen MR) is 144 cm³/mol. The number of thioether (sulfide) groups is 2. The van der Waals surface area contributed by atoms with E-state index in [9.17, 15) is 29.4 Å². The summed E-state index contributed by atoms with van der Waals surface area (Å²) in [4.78, 5) is 61.6. The Morgan fingerprint density at radius 3 is 2.67 bits per heavy atom. The lowest BCUT2D eigenvalue weighted by Gasteiger charge is -2.50. The molecule has 0 spiro atoms. The first-order valence-corrected chi connectivity index (χ1v) is 15.0. The summed E-state index contributed by atoms with van der Waals surface area (Å²) in [5, 5.41) is 29.0. The van der Waals surface area contributed by atoms with Gasteiger partial charge in [-0.15, -0.1) is 34.9 Å². The largest absolute Gasteiger partial charge is 0.543 e. The molecule has 4 heterocycles. The lowest BCUT2D eigenvalue weighted by Crippen LogP contribution is -2.71. The first kappa shape index (κ1) is 27.9. The molecule has 2 aliphatic heterocycles. The van der Waals surface area contributed by atoms with Gasteiger partial charge >= 0.3 is 5.97 Å². The Morgan fingerprint density at radius 1 is 1.38 bits per heavy atom. The van der Waals surface area contributed by atoms with Crippen molar-refractivity contribution in [2.45, 2.75) is 41.2 Å². The van der Waals surface area contributed by atoms with E-state index in [0.717, 1.165) is 21.1 Å². The molecule has 2 aromatic rings. The SMILES string of the molecule is C[n+]1ccc(SCC2=C(C(=O)[O-])N3C(=O)[C@@H](NC(=O)/C(=N\OC4(C(=O)O)CCC4)c4csc(N)n4)[C@H]3SC2)cc1. The number of hydrogen-bond acceptors (Lipinski definition) is 12. The smallest absolute Gasteiger partial charge is 0.350 e. The second kappa shape index (κ2) is 11.1. The third-order valence-electron chi connectivity index (χ3n) is 6.73. The van der Waals surface area contributed by atoms with Crippen LogP contribution in [0.15, 0.2) is 51.2 Å². The number of pyridine rings is 1. The van der Waals surface area contributed by atoms with Gasteiger partial charge in [-0.25, -0.2) is 14.3 Å². The molecule has 2 atom stereocenters. The molecule has 2 amide bonds. The van der Waals surface area contributed by atoms with Crippen molar-refractivity contribution in [2.24, 2.45) is 12.2 Å². The van der Waals surface area contributed by atoms with Gasteiger partial charge in [-0.2, -0.15) is 0 Å². The second-order valence-electron chi connectivity index (χ2n) is 9.34. The molecule has 1 aliphatic carbocycles. The summed E-state index contributed by atoms with van der Waals surface area (Å²) < 4.78 is 1.88. The number of carbonyl (C=O) groups excluding carboxylic acids is 3. The molecule has 0 unspecified atom stereocenters. The number of aliphatic carboxylic acids is 2. The van der Waals surface area contributed by atoms with Gasteiger partial charge in [-0.3, -0.25) is 14.5 Å². The Balaban J connectivity index is 1.32. The fraction of sp³-hybridized carbons (Fsp3) is 0.375. The number of aryl methyl sites for hydroxylation is 1. The van der Waals surface area contributed by atoms with Crippen molar-refractivity contribution < 1.29 is 38.8 Å². The minimum Gasteiger partial charge on any atom is -0.543 e. The molecule has 0 bridgehead atoms. The first-order valence-electron chi connectivity index (χ1n) is 12.1. The number of aromatic nitrogens is 2. The minimum atomic E-state index is -1.53. The molecular weight excluding hydrogens is 581 g/mol. The van der Waals surface area contributed by atoms with E-state index in [1.54, 1.807) is 0 Å². The van der Waals surface area contributed by atoms with Crippen LogP contribution >= 0.6 is 34.9 Å². The van der Waals surface area contributed by atoms with E-state index in [1.807, 2.05) is 36.1 Å². The van der Waals surface area contributed by atoms with E-state index in [2.05, 4.69) is 15.5 Å². The number of amides is 2. The number of oxime groups is 1. The van der Waals surface area contributed by atoms with Crippen molar-refractivity contribution in [1.29, 1.82) is 0 Å². The second-order valence-corrected chi connectivity index (χ2v) is 12.4. The fourth-order valence-corrected chi connectivity index (χ4v) is 7.24. The van der Waals surface area contributed by atoms with Crippen LogP contribution in [-0.2, 0) is 31.1 Å². The van der Waals surface area contributed by atoms with Crippen LogP contribution in [-0.4, -0.2) is 73.0 Å². The number of thiazole rings is 1. The average molecular weight is 605 g/mol. The van der Waals surface area contributed by atoms with Crippen molar-refractivity contribution >= 4 is 69.5 Å². The van der Waals surface area contributed by atoms with E-state index in [-0.39, 0.29) is 35.1 Å². The van der Waals surface area contributed by atoms with Crippen LogP contribution in [0, 0.1) is 0 Å². The number of β-lactam (4-membered cyclic amide) rings is 1. The number of fused-ring (bicyclic) bond motifs is 1. The van der Waals surface area contributed by atoms with Crippen molar-refractivity contribution in [3.05, 3.63) is 46.9 Å². The summed E-state index contributed by atoms with van der Waals surface area (Å²) in [5.41, 5.74) is 4.26. The zero-order valence-electron chi connectivity index (χ0n) is 21.1. The van der Waals surface area contributed by atoms with Gasteiger partial charge in [0.15, 0.2) is 23.2 Å². The number of nitrogen functional groups attached to an aromatic ring is 1. The Morgan fingerprint density at radius 2 is 2.10 bits per heavy atom. The third kappa shape index (κ3) is 5.25. The fourth-order valence-electron chi connectivity index (χ4n) is 4.32. The quantitative estimate of drug-likeness (QED) is 0.104. The normalized spacial score (nSPS) is 21.7. The Labute approximate surface area is 240 Å². The van der Waals surface area contributed by atoms with Crippen LogP contribution in [0.2, 0.25) is 0 Å². The number of nitrogens with zero attached hydrogens (tertiary/aromatic N) is 4. The van der Waals surface area contributed by atoms with Crippen LogP contribution in [0.5, 0.6) is 0 Å². The van der Waals surface area contributed by atoms with E-state index in [0.29, 0.717) is 23.5 Å². The number of nitrogens with two attached hydrogens (primary N) is 1. The van der Waals surface area contributed by atoms with Crippen molar-refractivity contribution in [3.8, 4) is 0 Å². The van der Waals surface area contributed by atoms with Crippen molar-refractivity contribution in [3.63, 3.8) is 0 Å². The molecule has 0 aromatic carbocycles. The number of carboxylic acid groups (broad SMARTS) is 2. The molecule has 0 radical (unpaired) electrons. The number of anilines is 1. The van der Waals surface area contributed by atoms with E-state index in [4.69, 9.17) is 10.6 Å². The zero-order valence-corrected chi connectivity index (χ0v) is 23.5. The summed E-state index contributed by atoms with van der Waals surface area (Å²) in [6, 6.07) is 2.77. The summed E-state index contributed by atoms with van der Waals surface area (Å²) in [6.07, 6.45) is 4.86. The Kier molecular flexibility index (Phi) is 7.74. The Bertz CT molecular complexity index is 1440. The van der Waals surface area contributed by atoms with Crippen molar-refractivity contribution in [1.82, 2.24) is 15.2 Å². The topological polar surface area (TPSA) is 191 Å². The molecule has 40 heavy (non-hydrogen) atoms. The summed E-state index contributed by atoms with van der Waals surface area (Å²) in [7, 11) is 1.89. The summed E-state index contributed by atoms with van der Waals surface area (Å²) >= 11 is 3.81. The summed E-state index contributed by atoms with van der Waals surface area (Å²) in [5.74, 6) is -3.43. The standard InChI is InChI=1S/C24H24N6O7S3/c1-29-7-3-13(4-8-29)38-9-12-10-39-20-16(19(32)30(20)17(12)21(33)34)27-18(31)15(14-11-40-23(25)26-14)28-37-24(22(35)36)5-2-6-24/h3-4,7-8,11,16,20H,2,5-6,9-10H2,1H3,(H4-,25,26,27,31,33,34,35,36)/b28-15-/t16-,20-/m1/s1. The highest BCUT2D eigenvalue weighted by molar-refractivity contribution is 8.01. The highest BCUT2D eigenvalue weighted by Gasteiger charge is 2.53. The van der Waals surface area contributed by atoms with Gasteiger partial charge in [0.2, 0.25) is 5.60 Å². The van der Waals surface area contributed by atoms with Crippen molar-refractivity contribution in [2.75, 3.05) is 17.2 Å². The van der Waals surface area contributed by atoms with Crippen LogP contribution < -0.4 is 20.7 Å². The van der Waals surface area contributed by atoms with Gasteiger partial charge in [0.1, 0.15) is 24.2 Å². The minimum absolute atomic E-state index is 0.0592. The van der Waals surface area contributed by atoms with Gasteiger partial charge in [0.05, 0.1) is 11.7 Å². The molecule has 5 rings (SSSR count). The third-order valence-corrected chi connectivity index (χ3v) is 9.84. The molecule has 1 saturated heterocycles. The summed E-state index contributed by atoms with van der Waals surface area (Å²) in [6.45, 7) is 0. The van der Waals surface area contributed by atoms with E-state index in [1.165, 1.54) is 28.9 Å². The van der Waals surface area contributed by atoms with Crippen LogP contribution in [0.4, 0.5) is 5.13 Å². The Hall–Kier alpha value is -3.63. The molecular formula is C24H24N6O7S3. The van der Waals surface area contributed by atoms with E-state index < -0.39 is 40.8 Å². The average Bonchev–Trinajstić information content (AvgIpc) is 3.32. The van der Waals surface area contributed by atoms with Gasteiger partial charge in [0.25, 0.3) is 11.8 Å². The number of carbonyl (C=O) groups is 4. The maximum absolute atomic E-state index is 13.3. The van der Waals surface area contributed by atoms with Crippen LogP contribution in [0.3, 0.4) is 0 Å². The number of hydrogen-bond donors (Lipinski definition) is 3. The van der Waals surface area contributed by atoms with Gasteiger partial charge in [-0.1, -0.05) is 5.16 Å². The maximum Gasteiger partial charge on any atom is 0.350 e. The molecule has 13 nitrogen and oxygen atoms in total. The predicted octanol–water partition coefficient (Wildman–Crippen LogP) is -0.526. The number of rotatable bonds is 10. The lowest BCUT2D eigenvalue weighted by molar-refractivity contribution is -0.671. The molecule has 3 aliphatic rings. The molecule has 2 fully saturated rings. The van der Waals surface area contributed by atoms with Crippen LogP contribution in [0.1, 0.15) is 25.0 Å². The van der Waals surface area contributed by atoms with Gasteiger partial charge in [0, 0.05) is 46.8 Å². The van der Waals surface area contributed by atoms with E-state index >= 15 is 0 Å². The molecule has 1 saturated carbocycles. The first-order chi connectivity index (χ1) is 19.1. The molecule has 4 N–H and O–H groups in total. The highest BCUT2D eigenvalue weighted by atomic mass is 32.2. The molecule has 16 heteroatoms. The van der Waals surface area contributed by atoms with Crippen LogP contribution in [0.25, 0.3) is 0 Å². The zero-order chi connectivity index (χ0) is 28.6. The number of nitrogens with one attached hydrogen (secondary N) is 1. The molecule has 2 aromatic heterocycles. The van der Waals surface area contributed by atoms with Gasteiger partial charge in [-0.05, 0) is 12.0 Å². The highest BCUT2D eigenvalue weighted by Crippen LogP contribution is 2.41. The molecule has 210 valence electrons. The van der Waals surface area contributed by atoms with Gasteiger partial charge < -0.3 is 30.9 Å². The lowest BCUT2D eigenvalue weighted by atomic mass is 9.80.